The Bertz CT molecular complexity index is 672. The van der Waals surface area contributed by atoms with Crippen molar-refractivity contribution in [3.8, 4) is 0 Å². The maximum atomic E-state index is 13.5. The molecule has 0 saturated heterocycles. The summed E-state index contributed by atoms with van der Waals surface area (Å²) in [6.45, 7) is 6.08. The van der Waals surface area contributed by atoms with Crippen LogP contribution < -0.4 is 0 Å². The van der Waals surface area contributed by atoms with Gasteiger partial charge in [-0.3, -0.25) is 0 Å². The molecule has 0 radical (unpaired) electrons. The quantitative estimate of drug-likeness (QED) is 0.838. The van der Waals surface area contributed by atoms with E-state index in [1.807, 2.05) is 0 Å². The zero-order valence-electron chi connectivity index (χ0n) is 8.63. The Balaban J connectivity index is 3.85. The highest BCUT2D eigenvalue weighted by atomic mass is 32.2. The molecule has 0 fully saturated rings. The monoisotopic (exact) mass is 276 g/mol. The van der Waals surface area contributed by atoms with E-state index in [0.717, 1.165) is 18.2 Å². The van der Waals surface area contributed by atoms with Crippen LogP contribution in [0.2, 0.25) is 0 Å². The molecule has 0 heterocycles. The molecule has 1 aromatic rings. The smallest absolute Gasteiger partial charge is 0.203 e. The van der Waals surface area contributed by atoms with E-state index in [1.54, 1.807) is 0 Å². The van der Waals surface area contributed by atoms with Crippen LogP contribution in [0.3, 0.4) is 0 Å². The first-order valence-corrected chi connectivity index (χ1v) is 7.39. The second-order valence-corrected chi connectivity index (χ2v) is 6.69. The summed E-state index contributed by atoms with van der Waals surface area (Å²) < 4.78 is 59.7. The minimum absolute atomic E-state index is 0.494. The first-order chi connectivity index (χ1) is 7.76. The van der Waals surface area contributed by atoms with Gasteiger partial charge in [0.05, 0.1) is 4.90 Å². The molecule has 0 aromatic heterocycles. The van der Waals surface area contributed by atoms with Gasteiger partial charge in [-0.25, -0.2) is 21.2 Å². The lowest BCUT2D eigenvalue weighted by Crippen LogP contribution is -2.08. The first-order valence-electron chi connectivity index (χ1n) is 4.30. The Morgan fingerprint density at radius 2 is 1.53 bits per heavy atom. The summed E-state index contributed by atoms with van der Waals surface area (Å²) in [5.41, 5.74) is 0. The van der Waals surface area contributed by atoms with E-state index in [-0.39, 0.29) is 0 Å². The SMILES string of the molecule is C=CS(=O)(=O)c1cccc(F)c1S(=O)(=O)C=C. The van der Waals surface area contributed by atoms with E-state index in [0.29, 0.717) is 10.8 Å². The van der Waals surface area contributed by atoms with Crippen molar-refractivity contribution in [3.05, 3.63) is 48.0 Å². The molecule has 0 spiro atoms. The van der Waals surface area contributed by atoms with Crippen LogP contribution in [-0.4, -0.2) is 16.8 Å². The van der Waals surface area contributed by atoms with Crippen molar-refractivity contribution in [3.63, 3.8) is 0 Å². The highest BCUT2D eigenvalue weighted by Gasteiger charge is 2.26. The molecule has 0 aliphatic heterocycles. The molecule has 0 atom stereocenters. The summed E-state index contributed by atoms with van der Waals surface area (Å²) >= 11 is 0. The summed E-state index contributed by atoms with van der Waals surface area (Å²) in [5.74, 6) is -1.15. The Morgan fingerprint density at radius 1 is 1.00 bits per heavy atom. The van der Waals surface area contributed by atoms with E-state index in [2.05, 4.69) is 13.2 Å². The van der Waals surface area contributed by atoms with E-state index >= 15 is 0 Å². The van der Waals surface area contributed by atoms with Crippen molar-refractivity contribution in [1.82, 2.24) is 0 Å². The minimum Gasteiger partial charge on any atom is -0.219 e. The van der Waals surface area contributed by atoms with Crippen LogP contribution in [0.15, 0.2) is 52.0 Å². The molecule has 0 amide bonds. The zero-order valence-corrected chi connectivity index (χ0v) is 10.3. The largest absolute Gasteiger partial charge is 0.219 e. The van der Waals surface area contributed by atoms with Crippen LogP contribution in [0.25, 0.3) is 0 Å². The van der Waals surface area contributed by atoms with Gasteiger partial charge in [0, 0.05) is 10.8 Å². The fraction of sp³-hybridized carbons (Fsp3) is 0. The predicted octanol–water partition coefficient (Wildman–Crippen LogP) is 1.66. The van der Waals surface area contributed by atoms with Crippen LogP contribution in [-0.2, 0) is 19.7 Å². The lowest BCUT2D eigenvalue weighted by Gasteiger charge is -2.07. The lowest BCUT2D eigenvalue weighted by atomic mass is 10.3. The summed E-state index contributed by atoms with van der Waals surface area (Å²) in [7, 11) is -8.24. The molecule has 0 aliphatic rings. The van der Waals surface area contributed by atoms with Crippen LogP contribution in [0.1, 0.15) is 0 Å². The van der Waals surface area contributed by atoms with Crippen LogP contribution >= 0.6 is 0 Å². The Morgan fingerprint density at radius 3 is 2.00 bits per heavy atom. The minimum atomic E-state index is -4.19. The van der Waals surface area contributed by atoms with Crippen molar-refractivity contribution in [2.24, 2.45) is 0 Å². The van der Waals surface area contributed by atoms with E-state index in [1.165, 1.54) is 0 Å². The van der Waals surface area contributed by atoms with E-state index in [9.17, 15) is 21.2 Å². The number of sulfone groups is 2. The van der Waals surface area contributed by atoms with Gasteiger partial charge in [-0.05, 0) is 12.1 Å². The molecule has 0 aliphatic carbocycles. The third-order valence-corrected chi connectivity index (χ3v) is 4.90. The topological polar surface area (TPSA) is 68.3 Å². The predicted molar refractivity (Wildman–Crippen MR) is 61.2 cm³/mol. The summed E-state index contributed by atoms with van der Waals surface area (Å²) in [6, 6.07) is 2.96. The maximum absolute atomic E-state index is 13.5. The molecule has 4 nitrogen and oxygen atoms in total. The maximum Gasteiger partial charge on any atom is 0.203 e. The molecule has 7 heteroatoms. The van der Waals surface area contributed by atoms with Gasteiger partial charge in [-0.2, -0.15) is 0 Å². The molecular weight excluding hydrogens is 267 g/mol. The number of hydrogen-bond acceptors (Lipinski definition) is 4. The lowest BCUT2D eigenvalue weighted by molar-refractivity contribution is 0.556. The molecule has 0 N–H and O–H groups in total. The third kappa shape index (κ3) is 2.45. The molecule has 17 heavy (non-hydrogen) atoms. The second kappa shape index (κ2) is 4.42. The van der Waals surface area contributed by atoms with Gasteiger partial charge >= 0.3 is 0 Å². The average Bonchev–Trinajstić information content (AvgIpc) is 2.28. The Kier molecular flexibility index (Phi) is 3.53. The van der Waals surface area contributed by atoms with Crippen molar-refractivity contribution < 1.29 is 21.2 Å². The Hall–Kier alpha value is -1.47. The number of halogens is 1. The van der Waals surface area contributed by atoms with Crippen LogP contribution in [0.5, 0.6) is 0 Å². The number of hydrogen-bond donors (Lipinski definition) is 0. The highest BCUT2D eigenvalue weighted by Crippen LogP contribution is 2.26. The van der Waals surface area contributed by atoms with Crippen molar-refractivity contribution >= 4 is 19.7 Å². The number of benzene rings is 1. The molecule has 1 rings (SSSR count). The van der Waals surface area contributed by atoms with Crippen molar-refractivity contribution in [1.29, 1.82) is 0 Å². The average molecular weight is 276 g/mol. The second-order valence-electron chi connectivity index (χ2n) is 2.99. The fourth-order valence-electron chi connectivity index (χ4n) is 1.16. The van der Waals surface area contributed by atoms with E-state index < -0.39 is 35.3 Å². The molecule has 0 saturated carbocycles. The van der Waals surface area contributed by atoms with Gasteiger partial charge in [-0.15, -0.1) is 0 Å². The normalized spacial score (nSPS) is 12.1. The van der Waals surface area contributed by atoms with Gasteiger partial charge in [0.1, 0.15) is 10.7 Å². The highest BCUT2D eigenvalue weighted by molar-refractivity contribution is 7.97. The third-order valence-electron chi connectivity index (χ3n) is 1.96. The molecule has 0 unspecified atom stereocenters. The van der Waals surface area contributed by atoms with Gasteiger partial charge < -0.3 is 0 Å². The molecule has 1 aromatic carbocycles. The summed E-state index contributed by atoms with van der Waals surface area (Å²) in [4.78, 5) is -1.55. The van der Waals surface area contributed by atoms with Crippen molar-refractivity contribution in [2.75, 3.05) is 0 Å². The standard InChI is InChI=1S/C10H9FO4S2/c1-3-16(12,13)9-7-5-6-8(11)10(9)17(14,15)4-2/h3-7H,1-2H2. The molecule has 0 bridgehead atoms. The summed E-state index contributed by atoms with van der Waals surface area (Å²) in [6.07, 6.45) is 0. The van der Waals surface area contributed by atoms with Crippen LogP contribution in [0.4, 0.5) is 4.39 Å². The molecular formula is C10H9FO4S2. The number of rotatable bonds is 4. The van der Waals surface area contributed by atoms with E-state index in [4.69, 9.17) is 0 Å². The van der Waals surface area contributed by atoms with Crippen molar-refractivity contribution in [2.45, 2.75) is 9.79 Å². The van der Waals surface area contributed by atoms with Gasteiger partial charge in [0.25, 0.3) is 0 Å². The molecule has 92 valence electrons. The first kappa shape index (κ1) is 13.6. The van der Waals surface area contributed by atoms with Gasteiger partial charge in [0.2, 0.25) is 19.7 Å². The van der Waals surface area contributed by atoms with Crippen LogP contribution in [0, 0.1) is 5.82 Å². The fourth-order valence-corrected chi connectivity index (χ4v) is 3.52. The Labute approximate surface area is 98.9 Å². The zero-order chi connectivity index (χ0) is 13.3. The van der Waals surface area contributed by atoms with Gasteiger partial charge in [-0.1, -0.05) is 19.2 Å². The van der Waals surface area contributed by atoms with Gasteiger partial charge in [0.15, 0.2) is 0 Å². The summed E-state index contributed by atoms with van der Waals surface area (Å²) in [5, 5.41) is 1.05.